The van der Waals surface area contributed by atoms with Crippen LogP contribution in [0.25, 0.3) is 10.9 Å². The lowest BCUT2D eigenvalue weighted by Crippen LogP contribution is -2.50. The molecular formula is C26H28N2O6. The molecule has 1 aliphatic heterocycles. The van der Waals surface area contributed by atoms with E-state index in [1.54, 1.807) is 14.2 Å². The molecule has 0 spiro atoms. The van der Waals surface area contributed by atoms with E-state index in [1.165, 1.54) is 14.2 Å². The van der Waals surface area contributed by atoms with Crippen molar-refractivity contribution < 1.29 is 28.5 Å². The first-order chi connectivity index (χ1) is 16.4. The summed E-state index contributed by atoms with van der Waals surface area (Å²) in [6, 6.07) is 11.2. The zero-order valence-corrected chi connectivity index (χ0v) is 20.0. The van der Waals surface area contributed by atoms with Crippen LogP contribution in [0.2, 0.25) is 0 Å². The van der Waals surface area contributed by atoms with Crippen molar-refractivity contribution in [1.82, 2.24) is 9.47 Å². The number of aromatic nitrogens is 1. The van der Waals surface area contributed by atoms with Crippen molar-refractivity contribution in [3.8, 4) is 11.5 Å². The highest BCUT2D eigenvalue weighted by Crippen LogP contribution is 2.62. The zero-order valence-electron chi connectivity index (χ0n) is 20.0. The summed E-state index contributed by atoms with van der Waals surface area (Å²) in [5, 5.41) is 1.09. The number of benzene rings is 2. The van der Waals surface area contributed by atoms with E-state index in [9.17, 15) is 9.59 Å². The molecule has 34 heavy (non-hydrogen) atoms. The van der Waals surface area contributed by atoms with Gasteiger partial charge in [0.2, 0.25) is 0 Å². The van der Waals surface area contributed by atoms with Crippen LogP contribution in [0, 0.1) is 5.41 Å². The second kappa shape index (κ2) is 8.06. The summed E-state index contributed by atoms with van der Waals surface area (Å²) in [7, 11) is 7.84. The fourth-order valence-corrected chi connectivity index (χ4v) is 6.03. The minimum absolute atomic E-state index is 0.413. The molecule has 178 valence electrons. The monoisotopic (exact) mass is 464 g/mol. The largest absolute Gasteiger partial charge is 0.497 e. The molecule has 8 nitrogen and oxygen atoms in total. The molecule has 8 heteroatoms. The molecule has 0 amide bonds. The number of carbonyl (C=O) groups excluding carboxylic acids is 2. The highest BCUT2D eigenvalue weighted by molar-refractivity contribution is 6.06. The van der Waals surface area contributed by atoms with Gasteiger partial charge in [-0.2, -0.15) is 0 Å². The van der Waals surface area contributed by atoms with Crippen LogP contribution in [0.5, 0.6) is 11.5 Å². The van der Waals surface area contributed by atoms with E-state index in [1.807, 2.05) is 48.1 Å². The quantitative estimate of drug-likeness (QED) is 0.410. The summed E-state index contributed by atoms with van der Waals surface area (Å²) in [5.74, 6) is -0.218. The number of aryl methyl sites for hydroxylation is 1. The van der Waals surface area contributed by atoms with Crippen molar-refractivity contribution in [1.29, 1.82) is 0 Å². The maximum Gasteiger partial charge on any atom is 0.325 e. The van der Waals surface area contributed by atoms with Gasteiger partial charge in [-0.05, 0) is 34.9 Å². The maximum atomic E-state index is 13.5. The summed E-state index contributed by atoms with van der Waals surface area (Å²) < 4.78 is 23.5. The Balaban J connectivity index is 1.72. The van der Waals surface area contributed by atoms with Gasteiger partial charge in [0.15, 0.2) is 5.41 Å². The van der Waals surface area contributed by atoms with Crippen molar-refractivity contribution in [2.45, 2.75) is 18.5 Å². The van der Waals surface area contributed by atoms with Crippen molar-refractivity contribution in [3.63, 3.8) is 0 Å². The van der Waals surface area contributed by atoms with Crippen LogP contribution in [0.15, 0.2) is 42.6 Å². The fourth-order valence-electron chi connectivity index (χ4n) is 6.03. The van der Waals surface area contributed by atoms with E-state index in [0.717, 1.165) is 27.6 Å². The number of esters is 2. The van der Waals surface area contributed by atoms with Crippen molar-refractivity contribution in [3.05, 3.63) is 59.3 Å². The van der Waals surface area contributed by atoms with Crippen molar-refractivity contribution in [2.75, 3.05) is 35.0 Å². The number of ether oxygens (including phenoxy) is 4. The Bertz CT molecular complexity index is 1260. The van der Waals surface area contributed by atoms with Gasteiger partial charge < -0.3 is 23.5 Å². The molecule has 2 atom stereocenters. The van der Waals surface area contributed by atoms with Gasteiger partial charge in [0, 0.05) is 49.2 Å². The molecule has 1 aliphatic carbocycles. The Hall–Kier alpha value is -3.52. The molecule has 2 heterocycles. The lowest BCUT2D eigenvalue weighted by atomic mass is 9.64. The Morgan fingerprint density at radius 2 is 1.62 bits per heavy atom. The van der Waals surface area contributed by atoms with Crippen LogP contribution in [-0.4, -0.2) is 56.4 Å². The van der Waals surface area contributed by atoms with Crippen LogP contribution in [-0.2, 0) is 32.7 Å². The highest BCUT2D eigenvalue weighted by atomic mass is 16.5. The molecule has 1 aromatic heterocycles. The highest BCUT2D eigenvalue weighted by Gasteiger charge is 2.69. The van der Waals surface area contributed by atoms with Gasteiger partial charge in [-0.3, -0.25) is 14.5 Å². The second-order valence-electron chi connectivity index (χ2n) is 8.89. The molecule has 3 aromatic rings. The summed E-state index contributed by atoms with van der Waals surface area (Å²) in [6.45, 7) is 0.973. The first-order valence-corrected chi connectivity index (χ1v) is 11.1. The molecule has 2 unspecified atom stereocenters. The van der Waals surface area contributed by atoms with Gasteiger partial charge in [0.25, 0.3) is 0 Å². The standard InChI is InChI=1S/C26H28N2O6/c1-27-13-19-22-18(7-6-8-21(22)27)20-14-28(12-15-9-16(31-2)11-17(10-15)32-3)23(19)26(20,24(29)33-4)25(30)34-5/h6-11,13,20,23H,12,14H2,1-5H3. The van der Waals surface area contributed by atoms with Crippen molar-refractivity contribution in [2.24, 2.45) is 12.5 Å². The smallest absolute Gasteiger partial charge is 0.325 e. The fraction of sp³-hybridized carbons (Fsp3) is 0.385. The molecular weight excluding hydrogens is 436 g/mol. The number of carbonyl (C=O) groups is 2. The molecule has 5 rings (SSSR count). The summed E-state index contributed by atoms with van der Waals surface area (Å²) in [6.07, 6.45) is 2.01. The zero-order chi connectivity index (χ0) is 24.2. The predicted octanol–water partition coefficient (Wildman–Crippen LogP) is 3.18. The third-order valence-electron chi connectivity index (χ3n) is 7.35. The van der Waals surface area contributed by atoms with Crippen molar-refractivity contribution >= 4 is 22.8 Å². The van der Waals surface area contributed by atoms with Crippen LogP contribution in [0.3, 0.4) is 0 Å². The molecule has 0 saturated carbocycles. The topological polar surface area (TPSA) is 79.2 Å². The summed E-state index contributed by atoms with van der Waals surface area (Å²) in [4.78, 5) is 29.1. The predicted molar refractivity (Wildman–Crippen MR) is 125 cm³/mol. The number of hydrogen-bond donors (Lipinski definition) is 0. The number of hydrogen-bond acceptors (Lipinski definition) is 7. The third-order valence-corrected chi connectivity index (χ3v) is 7.35. The maximum absolute atomic E-state index is 13.5. The Kier molecular flexibility index (Phi) is 5.28. The van der Waals surface area contributed by atoms with E-state index in [2.05, 4.69) is 11.0 Å². The Morgan fingerprint density at radius 3 is 2.21 bits per heavy atom. The van der Waals surface area contributed by atoms with Gasteiger partial charge in [-0.15, -0.1) is 0 Å². The number of fused-ring (bicyclic) bond motifs is 4. The Labute approximate surface area is 197 Å². The van der Waals surface area contributed by atoms with Gasteiger partial charge in [0.05, 0.1) is 34.5 Å². The summed E-state index contributed by atoms with van der Waals surface area (Å²) in [5.41, 5.74) is 2.40. The molecule has 0 radical (unpaired) electrons. The second-order valence-corrected chi connectivity index (χ2v) is 8.89. The average Bonchev–Trinajstić information content (AvgIpc) is 3.33. The molecule has 0 N–H and O–H groups in total. The number of likely N-dealkylation sites (tertiary alicyclic amines) is 1. The van der Waals surface area contributed by atoms with Gasteiger partial charge in [-0.1, -0.05) is 12.1 Å². The SMILES string of the molecule is COC(=O)C1(C(=O)OC)C2CN(Cc3cc(OC)cc(OC)c3)C1c1cn(C)c3cccc2c13. The van der Waals surface area contributed by atoms with E-state index < -0.39 is 29.3 Å². The van der Waals surface area contributed by atoms with Gasteiger partial charge in [0.1, 0.15) is 11.5 Å². The summed E-state index contributed by atoms with van der Waals surface area (Å²) >= 11 is 0. The first-order valence-electron chi connectivity index (χ1n) is 11.1. The average molecular weight is 465 g/mol. The normalized spacial score (nSPS) is 20.3. The first kappa shape index (κ1) is 22.3. The molecule has 2 aromatic carbocycles. The van der Waals surface area contributed by atoms with E-state index in [-0.39, 0.29) is 0 Å². The van der Waals surface area contributed by atoms with Crippen LogP contribution < -0.4 is 9.47 Å². The van der Waals surface area contributed by atoms with E-state index in [4.69, 9.17) is 18.9 Å². The minimum Gasteiger partial charge on any atom is -0.497 e. The lowest BCUT2D eigenvalue weighted by Gasteiger charge is -2.39. The number of rotatable bonds is 6. The lowest BCUT2D eigenvalue weighted by molar-refractivity contribution is -0.173. The van der Waals surface area contributed by atoms with Gasteiger partial charge in [-0.25, -0.2) is 0 Å². The van der Waals surface area contributed by atoms with Crippen LogP contribution in [0.1, 0.15) is 28.7 Å². The number of nitrogens with zero attached hydrogens (tertiary/aromatic N) is 2. The molecule has 2 bridgehead atoms. The van der Waals surface area contributed by atoms with Crippen LogP contribution in [0.4, 0.5) is 0 Å². The molecule has 2 aliphatic rings. The Morgan fingerprint density at radius 1 is 0.971 bits per heavy atom. The molecule has 1 fully saturated rings. The van der Waals surface area contributed by atoms with E-state index >= 15 is 0 Å². The van der Waals surface area contributed by atoms with Gasteiger partial charge >= 0.3 is 11.9 Å². The number of methoxy groups -OCH3 is 4. The van der Waals surface area contributed by atoms with Crippen LogP contribution >= 0.6 is 0 Å². The third kappa shape index (κ3) is 2.88. The van der Waals surface area contributed by atoms with E-state index in [0.29, 0.717) is 24.6 Å². The molecule has 1 saturated heterocycles. The minimum atomic E-state index is -1.50.